The van der Waals surface area contributed by atoms with E-state index in [0.717, 1.165) is 12.8 Å². The summed E-state index contributed by atoms with van der Waals surface area (Å²) in [6, 6.07) is 2.88. The van der Waals surface area contributed by atoms with Gasteiger partial charge in [-0.3, -0.25) is 0 Å². The van der Waals surface area contributed by atoms with Gasteiger partial charge in [-0.2, -0.15) is 0 Å². The van der Waals surface area contributed by atoms with Crippen LogP contribution in [0.5, 0.6) is 11.5 Å². The lowest BCUT2D eigenvalue weighted by Gasteiger charge is -2.47. The topological polar surface area (TPSA) is 42.0 Å². The second-order valence-corrected chi connectivity index (χ2v) is 7.86. The Bertz CT molecular complexity index is 972. The van der Waals surface area contributed by atoms with Gasteiger partial charge in [0.1, 0.15) is 17.1 Å². The average Bonchev–Trinajstić information content (AvgIpc) is 3.31. The molecule has 2 heterocycles. The lowest BCUT2D eigenvalue weighted by Crippen LogP contribution is -2.49. The van der Waals surface area contributed by atoms with Gasteiger partial charge in [0.2, 0.25) is 0 Å². The molecule has 1 saturated carbocycles. The minimum atomic E-state index is -3.43. The van der Waals surface area contributed by atoms with Gasteiger partial charge in [-0.15, -0.1) is 0 Å². The molecule has 0 unspecified atom stereocenters. The van der Waals surface area contributed by atoms with Crippen molar-refractivity contribution in [3.05, 3.63) is 23.3 Å². The number of phenolic OH excluding ortho intramolecular Hbond substituents is 1. The fourth-order valence-electron chi connectivity index (χ4n) is 4.61. The van der Waals surface area contributed by atoms with Gasteiger partial charge in [0.15, 0.2) is 0 Å². The monoisotopic (exact) mass is 339 g/mol. The largest absolute Gasteiger partial charge is 0.508 e. The number of epoxide rings is 1. The maximum absolute atomic E-state index is 10.9. The van der Waals surface area contributed by atoms with Crippen LogP contribution in [0.2, 0.25) is 0 Å². The molecule has 4 rings (SSSR count). The Morgan fingerprint density at radius 1 is 1.33 bits per heavy atom. The normalized spacial score (nSPS) is 43.3. The number of fused-ring (bicyclic) bond motifs is 5. The van der Waals surface area contributed by atoms with E-state index in [4.69, 9.17) is 21.8 Å². The molecular weight excluding hydrogens is 300 g/mol. The molecule has 1 aromatic rings. The molecule has 2 fully saturated rings. The van der Waals surface area contributed by atoms with Crippen LogP contribution in [0, 0.1) is 5.92 Å². The predicted molar refractivity (Wildman–Crippen MR) is 94.8 cm³/mol. The highest BCUT2D eigenvalue weighted by atomic mass is 16.6. The van der Waals surface area contributed by atoms with E-state index >= 15 is 0 Å². The molecule has 2 aliphatic heterocycles. The summed E-state index contributed by atoms with van der Waals surface area (Å²) < 4.78 is 82.5. The summed E-state index contributed by atoms with van der Waals surface area (Å²) >= 11 is 0. The third-order valence-corrected chi connectivity index (χ3v) is 5.87. The molecule has 3 nitrogen and oxygen atoms in total. The maximum atomic E-state index is 10.9. The van der Waals surface area contributed by atoms with Gasteiger partial charge in [-0.1, -0.05) is 19.6 Å². The smallest absolute Gasteiger partial charge is 0.127 e. The first-order valence-corrected chi connectivity index (χ1v) is 8.48. The Hall–Kier alpha value is -1.22. The molecule has 24 heavy (non-hydrogen) atoms. The van der Waals surface area contributed by atoms with Crippen LogP contribution in [0.4, 0.5) is 0 Å². The van der Waals surface area contributed by atoms with Crippen LogP contribution in [0.25, 0.3) is 0 Å². The first-order valence-electron chi connectivity index (χ1n) is 13.0. The van der Waals surface area contributed by atoms with Crippen molar-refractivity contribution in [3.63, 3.8) is 0 Å². The molecule has 4 atom stereocenters. The van der Waals surface area contributed by atoms with Crippen molar-refractivity contribution in [2.45, 2.75) is 89.2 Å². The number of ether oxygens (including phenoxy) is 2. The minimum absolute atomic E-state index is 0.0537. The maximum Gasteiger partial charge on any atom is 0.127 e. The van der Waals surface area contributed by atoms with E-state index in [0.29, 0.717) is 11.3 Å². The summed E-state index contributed by atoms with van der Waals surface area (Å²) in [7, 11) is 0. The molecule has 1 aliphatic carbocycles. The molecule has 1 N–H and O–H groups in total. The first-order chi connectivity index (χ1) is 14.8. The third kappa shape index (κ3) is 2.44. The molecule has 1 aromatic carbocycles. The zero-order valence-electron chi connectivity index (χ0n) is 23.3. The number of phenols is 1. The van der Waals surface area contributed by atoms with E-state index in [1.165, 1.54) is 6.07 Å². The Balaban J connectivity index is 1.71. The predicted octanol–water partition coefficient (Wildman–Crippen LogP) is 4.95. The third-order valence-electron chi connectivity index (χ3n) is 5.87. The highest BCUT2D eigenvalue weighted by Gasteiger charge is 2.65. The van der Waals surface area contributed by atoms with Crippen molar-refractivity contribution in [1.29, 1.82) is 0 Å². The fraction of sp³-hybridized carbons (Fsp3) is 0.714. The van der Waals surface area contributed by atoms with Gasteiger partial charge in [0.25, 0.3) is 0 Å². The quantitative estimate of drug-likeness (QED) is 0.789. The SMILES string of the molecule is [2H]C([2H])([2H])C([2H])([2H])C([2H])([2H])C([2H])([2H])Cc1cc(O)c2c(c1)OC(C)(C)[C@@H]1CC[C@]3(C)O[C@@H]3[C@@H]21. The second-order valence-electron chi connectivity index (χ2n) is 7.86. The highest BCUT2D eigenvalue weighted by molar-refractivity contribution is 5.53. The number of hydrogen-bond acceptors (Lipinski definition) is 3. The van der Waals surface area contributed by atoms with Crippen molar-refractivity contribution in [2.75, 3.05) is 0 Å². The number of aromatic hydroxyl groups is 1. The van der Waals surface area contributed by atoms with Gasteiger partial charge < -0.3 is 14.6 Å². The van der Waals surface area contributed by atoms with Gasteiger partial charge in [0.05, 0.1) is 11.7 Å². The molecule has 0 amide bonds. The minimum Gasteiger partial charge on any atom is -0.508 e. The highest BCUT2D eigenvalue weighted by Crippen LogP contribution is 2.63. The lowest BCUT2D eigenvalue weighted by molar-refractivity contribution is -0.00595. The van der Waals surface area contributed by atoms with E-state index in [2.05, 4.69) is 6.92 Å². The molecule has 3 aliphatic rings. The molecule has 0 aromatic heterocycles. The number of rotatable bonds is 4. The molecule has 1 saturated heterocycles. The van der Waals surface area contributed by atoms with Crippen molar-refractivity contribution in [2.24, 2.45) is 5.92 Å². The fourth-order valence-corrected chi connectivity index (χ4v) is 4.61. The van der Waals surface area contributed by atoms with Gasteiger partial charge >= 0.3 is 0 Å². The van der Waals surface area contributed by atoms with Crippen LogP contribution in [-0.4, -0.2) is 22.4 Å². The van der Waals surface area contributed by atoms with E-state index in [9.17, 15) is 5.11 Å². The summed E-state index contributed by atoms with van der Waals surface area (Å²) in [6.07, 6.45) is -8.58. The summed E-state index contributed by atoms with van der Waals surface area (Å²) in [5.74, 6) is 0.285. The lowest BCUT2D eigenvalue weighted by atomic mass is 9.64. The molecular formula is C21H30O3. The van der Waals surface area contributed by atoms with Crippen molar-refractivity contribution in [3.8, 4) is 11.5 Å². The molecule has 132 valence electrons. The second kappa shape index (κ2) is 5.39. The van der Waals surface area contributed by atoms with Gasteiger partial charge in [0, 0.05) is 29.7 Å². The van der Waals surface area contributed by atoms with Crippen molar-refractivity contribution >= 4 is 0 Å². The van der Waals surface area contributed by atoms with E-state index in [1.54, 1.807) is 6.07 Å². The Morgan fingerprint density at radius 2 is 2.17 bits per heavy atom. The van der Waals surface area contributed by atoms with Crippen LogP contribution in [-0.2, 0) is 11.2 Å². The van der Waals surface area contributed by atoms with Gasteiger partial charge in [-0.05, 0) is 64.1 Å². The average molecular weight is 340 g/mol. The number of benzene rings is 1. The summed E-state index contributed by atoms with van der Waals surface area (Å²) in [4.78, 5) is 0. The molecule has 0 bridgehead atoms. The molecule has 0 radical (unpaired) electrons. The molecule has 3 heteroatoms. The van der Waals surface area contributed by atoms with Crippen LogP contribution in [0.3, 0.4) is 0 Å². The van der Waals surface area contributed by atoms with Crippen molar-refractivity contribution < 1.29 is 26.9 Å². The number of aryl methyl sites for hydroxylation is 1. The van der Waals surface area contributed by atoms with E-state index in [-0.39, 0.29) is 34.9 Å². The number of hydrogen-bond donors (Lipinski definition) is 1. The Kier molecular flexibility index (Phi) is 2.01. The Labute approximate surface area is 158 Å². The van der Waals surface area contributed by atoms with Crippen LogP contribution < -0.4 is 4.74 Å². The summed E-state index contributed by atoms with van der Waals surface area (Å²) in [6.45, 7) is 2.62. The van der Waals surface area contributed by atoms with E-state index in [1.807, 2.05) is 13.8 Å². The summed E-state index contributed by atoms with van der Waals surface area (Å²) in [5.41, 5.74) is -0.0165. The van der Waals surface area contributed by atoms with Gasteiger partial charge in [-0.25, -0.2) is 0 Å². The zero-order chi connectivity index (χ0) is 25.0. The zero-order valence-corrected chi connectivity index (χ0v) is 14.3. The first kappa shape index (κ1) is 8.93. The van der Waals surface area contributed by atoms with Crippen LogP contribution in [0.15, 0.2) is 12.1 Å². The molecule has 0 spiro atoms. The summed E-state index contributed by atoms with van der Waals surface area (Å²) in [5, 5.41) is 10.9. The Morgan fingerprint density at radius 3 is 2.96 bits per heavy atom. The van der Waals surface area contributed by atoms with Crippen molar-refractivity contribution in [1.82, 2.24) is 0 Å². The van der Waals surface area contributed by atoms with Crippen LogP contribution in [0.1, 0.15) is 89.0 Å². The standard InChI is InChI=1S/C21H30O3/c1-5-6-7-8-13-11-15(22)18-16(12-13)23-20(2,3)14-9-10-21(4)19(24-21)17(14)18/h11-12,14,17,19,22H,5-10H2,1-4H3/t14-,17-,19-,21+/m1/s1/i1D3,5D2,6D2,7D2. The van der Waals surface area contributed by atoms with E-state index < -0.39 is 38.0 Å². The van der Waals surface area contributed by atoms with Crippen LogP contribution >= 0.6 is 0 Å².